The molecule has 0 atom stereocenters. The van der Waals surface area contributed by atoms with Crippen LogP contribution >= 0.6 is 0 Å². The van der Waals surface area contributed by atoms with E-state index in [-0.39, 0.29) is 23.9 Å². The van der Waals surface area contributed by atoms with Crippen LogP contribution in [-0.4, -0.2) is 55.7 Å². The van der Waals surface area contributed by atoms with Crippen molar-refractivity contribution >= 4 is 23.5 Å². The Morgan fingerprint density at radius 2 is 2.10 bits per heavy atom. The van der Waals surface area contributed by atoms with Gasteiger partial charge in [0.1, 0.15) is 5.82 Å². The zero-order valence-electron chi connectivity index (χ0n) is 12.5. The van der Waals surface area contributed by atoms with Crippen LogP contribution in [-0.2, 0) is 4.74 Å². The topological polar surface area (TPSA) is 110 Å². The minimum Gasteiger partial charge on any atom is -0.462 e. The molecule has 0 aliphatic heterocycles. The summed E-state index contributed by atoms with van der Waals surface area (Å²) in [7, 11) is 3.32. The molecule has 4 N–H and O–H groups in total. The Bertz CT molecular complexity index is 505. The van der Waals surface area contributed by atoms with Crippen LogP contribution in [0.4, 0.5) is 16.3 Å². The van der Waals surface area contributed by atoms with Crippen molar-refractivity contribution < 1.29 is 14.3 Å². The summed E-state index contributed by atoms with van der Waals surface area (Å²) in [6.45, 7) is 2.84. The second-order valence-corrected chi connectivity index (χ2v) is 4.39. The number of aromatic nitrogens is 1. The minimum absolute atomic E-state index is 0.182. The van der Waals surface area contributed by atoms with Gasteiger partial charge in [-0.1, -0.05) is 0 Å². The summed E-state index contributed by atoms with van der Waals surface area (Å²) in [4.78, 5) is 28.5. The van der Waals surface area contributed by atoms with Crippen LogP contribution in [0, 0.1) is 0 Å². The van der Waals surface area contributed by atoms with Gasteiger partial charge >= 0.3 is 12.0 Å². The van der Waals surface area contributed by atoms with E-state index in [0.717, 1.165) is 0 Å². The molecule has 1 rings (SSSR count). The monoisotopic (exact) mass is 295 g/mol. The fraction of sp³-hybridized carbons (Fsp3) is 0.462. The number of esters is 1. The quantitative estimate of drug-likeness (QED) is 0.521. The van der Waals surface area contributed by atoms with Gasteiger partial charge in [0.05, 0.1) is 17.9 Å². The van der Waals surface area contributed by atoms with Gasteiger partial charge in [0.25, 0.3) is 0 Å². The fourth-order valence-electron chi connectivity index (χ4n) is 1.51. The van der Waals surface area contributed by atoms with Crippen LogP contribution in [0.25, 0.3) is 0 Å². The maximum absolute atomic E-state index is 11.7. The second-order valence-electron chi connectivity index (χ2n) is 4.39. The molecule has 0 saturated heterocycles. The maximum atomic E-state index is 11.7. The molecule has 0 radical (unpaired) electrons. The molecule has 116 valence electrons. The van der Waals surface area contributed by atoms with Crippen LogP contribution < -0.4 is 16.4 Å². The van der Waals surface area contributed by atoms with E-state index in [4.69, 9.17) is 10.5 Å². The molecular formula is C13H21N5O3. The molecule has 0 aliphatic rings. The number of rotatable bonds is 6. The normalized spacial score (nSPS) is 9.86. The molecule has 1 aromatic heterocycles. The minimum atomic E-state index is -0.485. The molecule has 0 unspecified atom stereocenters. The molecule has 0 spiro atoms. The van der Waals surface area contributed by atoms with Gasteiger partial charge in [-0.05, 0) is 13.0 Å². The number of nitrogens with two attached hydrogens (primary N) is 1. The van der Waals surface area contributed by atoms with Crippen LogP contribution in [0.3, 0.4) is 0 Å². The zero-order chi connectivity index (χ0) is 15.8. The van der Waals surface area contributed by atoms with Gasteiger partial charge in [-0.2, -0.15) is 0 Å². The van der Waals surface area contributed by atoms with E-state index in [0.29, 0.717) is 18.9 Å². The summed E-state index contributed by atoms with van der Waals surface area (Å²) in [5.74, 6) is -0.0963. The van der Waals surface area contributed by atoms with E-state index in [1.807, 2.05) is 0 Å². The third-order valence-electron chi connectivity index (χ3n) is 2.59. The average Bonchev–Trinajstić information content (AvgIpc) is 2.44. The van der Waals surface area contributed by atoms with Crippen molar-refractivity contribution in [1.29, 1.82) is 0 Å². The second kappa shape index (κ2) is 7.93. The first-order chi connectivity index (χ1) is 9.97. The molecule has 0 saturated carbocycles. The van der Waals surface area contributed by atoms with Gasteiger partial charge in [-0.25, -0.2) is 14.6 Å². The van der Waals surface area contributed by atoms with Gasteiger partial charge in [-0.3, -0.25) is 0 Å². The van der Waals surface area contributed by atoms with E-state index >= 15 is 0 Å². The number of nitrogen functional groups attached to an aromatic ring is 1. The SMILES string of the molecule is CCOC(=O)c1ccnc(NCCNC(=O)N(C)C)c1N. The van der Waals surface area contributed by atoms with Crippen LogP contribution in [0.1, 0.15) is 17.3 Å². The predicted molar refractivity (Wildman–Crippen MR) is 80.2 cm³/mol. The number of carbonyl (C=O) groups is 2. The summed E-state index contributed by atoms with van der Waals surface area (Å²) in [5.41, 5.74) is 6.38. The average molecular weight is 295 g/mol. The van der Waals surface area contributed by atoms with Crippen LogP contribution in [0.15, 0.2) is 12.3 Å². The van der Waals surface area contributed by atoms with Crippen molar-refractivity contribution in [3.8, 4) is 0 Å². The third-order valence-corrected chi connectivity index (χ3v) is 2.59. The first-order valence-electron chi connectivity index (χ1n) is 6.58. The highest BCUT2D eigenvalue weighted by atomic mass is 16.5. The number of amides is 2. The Balaban J connectivity index is 2.58. The molecule has 0 aliphatic carbocycles. The van der Waals surface area contributed by atoms with Crippen molar-refractivity contribution in [2.75, 3.05) is 44.8 Å². The molecule has 8 nitrogen and oxygen atoms in total. The summed E-state index contributed by atoms with van der Waals surface area (Å²) < 4.78 is 4.91. The van der Waals surface area contributed by atoms with Crippen LogP contribution in [0.2, 0.25) is 0 Å². The highest BCUT2D eigenvalue weighted by Gasteiger charge is 2.14. The van der Waals surface area contributed by atoms with Crippen molar-refractivity contribution in [3.05, 3.63) is 17.8 Å². The highest BCUT2D eigenvalue weighted by Crippen LogP contribution is 2.20. The summed E-state index contributed by atoms with van der Waals surface area (Å²) >= 11 is 0. The Morgan fingerprint density at radius 3 is 2.71 bits per heavy atom. The van der Waals surface area contributed by atoms with Gasteiger partial charge in [0.15, 0.2) is 0 Å². The fourth-order valence-corrected chi connectivity index (χ4v) is 1.51. The lowest BCUT2D eigenvalue weighted by atomic mass is 10.2. The lowest BCUT2D eigenvalue weighted by molar-refractivity contribution is 0.0527. The number of carbonyl (C=O) groups excluding carboxylic acids is 2. The van der Waals surface area contributed by atoms with Gasteiger partial charge in [0, 0.05) is 33.4 Å². The van der Waals surface area contributed by atoms with Crippen molar-refractivity contribution in [2.45, 2.75) is 6.92 Å². The Labute approximate surface area is 123 Å². The number of hydrogen-bond donors (Lipinski definition) is 3. The Hall–Kier alpha value is -2.51. The number of hydrogen-bond acceptors (Lipinski definition) is 6. The molecule has 1 aromatic rings. The van der Waals surface area contributed by atoms with Crippen molar-refractivity contribution in [1.82, 2.24) is 15.2 Å². The first-order valence-corrected chi connectivity index (χ1v) is 6.58. The Morgan fingerprint density at radius 1 is 1.38 bits per heavy atom. The molecule has 1 heterocycles. The molecule has 0 fully saturated rings. The number of anilines is 2. The van der Waals surface area contributed by atoms with Gasteiger partial charge in [0.2, 0.25) is 0 Å². The Kier molecular flexibility index (Phi) is 6.25. The standard InChI is InChI=1S/C13H21N5O3/c1-4-21-12(19)9-5-6-15-11(10(9)14)16-7-8-17-13(20)18(2)3/h5-6H,4,7-8,14H2,1-3H3,(H,15,16)(H,17,20). The largest absolute Gasteiger partial charge is 0.462 e. The van der Waals surface area contributed by atoms with Crippen molar-refractivity contribution in [3.63, 3.8) is 0 Å². The molecule has 8 heteroatoms. The van der Waals surface area contributed by atoms with E-state index in [9.17, 15) is 9.59 Å². The maximum Gasteiger partial charge on any atom is 0.340 e. The molecule has 0 bridgehead atoms. The molecule has 2 amide bonds. The zero-order valence-corrected chi connectivity index (χ0v) is 12.5. The summed E-state index contributed by atoms with van der Waals surface area (Å²) in [6, 6.07) is 1.32. The smallest absolute Gasteiger partial charge is 0.340 e. The van der Waals surface area contributed by atoms with E-state index in [2.05, 4.69) is 15.6 Å². The summed E-state index contributed by atoms with van der Waals surface area (Å²) in [5, 5.41) is 5.66. The number of urea groups is 1. The predicted octanol–water partition coefficient (Wildman–Crippen LogP) is 0.524. The van der Waals surface area contributed by atoms with E-state index in [1.54, 1.807) is 21.0 Å². The third kappa shape index (κ3) is 4.83. The number of pyridine rings is 1. The van der Waals surface area contributed by atoms with Crippen LogP contribution in [0.5, 0.6) is 0 Å². The molecule has 21 heavy (non-hydrogen) atoms. The van der Waals surface area contributed by atoms with Gasteiger partial charge in [-0.15, -0.1) is 0 Å². The van der Waals surface area contributed by atoms with E-state index < -0.39 is 5.97 Å². The number of nitrogens with one attached hydrogen (secondary N) is 2. The van der Waals surface area contributed by atoms with E-state index in [1.165, 1.54) is 17.2 Å². The van der Waals surface area contributed by atoms with Crippen molar-refractivity contribution in [2.24, 2.45) is 0 Å². The first kappa shape index (κ1) is 16.5. The van der Waals surface area contributed by atoms with Gasteiger partial charge < -0.3 is 26.0 Å². The summed E-state index contributed by atoms with van der Waals surface area (Å²) in [6.07, 6.45) is 1.48. The number of ether oxygens (including phenoxy) is 1. The highest BCUT2D eigenvalue weighted by molar-refractivity contribution is 5.97. The lowest BCUT2D eigenvalue weighted by Gasteiger charge is -2.13. The molecule has 0 aromatic carbocycles. The number of nitrogens with zero attached hydrogens (tertiary/aromatic N) is 2. The lowest BCUT2D eigenvalue weighted by Crippen LogP contribution is -2.37. The molecular weight excluding hydrogens is 274 g/mol.